The van der Waals surface area contributed by atoms with Crippen LogP contribution >= 0.6 is 22.9 Å². The first-order valence-corrected chi connectivity index (χ1v) is 4.79. The van der Waals surface area contributed by atoms with Gasteiger partial charge in [-0.05, 0) is 12.8 Å². The summed E-state index contributed by atoms with van der Waals surface area (Å²) >= 11 is 2.25. The number of rotatable bonds is 0. The summed E-state index contributed by atoms with van der Waals surface area (Å²) in [6.07, 6.45) is 0. The average Bonchev–Trinajstić information content (AvgIpc) is 1.84. The maximum atomic E-state index is 9.87. The predicted molar refractivity (Wildman–Crippen MR) is 53.4 cm³/mol. The highest BCUT2D eigenvalue weighted by Crippen LogP contribution is 2.27. The first kappa shape index (κ1) is 9.70. The van der Waals surface area contributed by atoms with Crippen molar-refractivity contribution in [2.45, 2.75) is 25.5 Å². The SMILES string of the molecule is CC1CN(I)CC(N)C1(C)O. The van der Waals surface area contributed by atoms with E-state index in [4.69, 9.17) is 5.73 Å². The lowest BCUT2D eigenvalue weighted by molar-refractivity contribution is -0.0453. The van der Waals surface area contributed by atoms with Crippen LogP contribution in [0.3, 0.4) is 0 Å². The van der Waals surface area contributed by atoms with Crippen LogP contribution in [0.15, 0.2) is 0 Å². The zero-order valence-corrected chi connectivity index (χ0v) is 9.08. The third-order valence-electron chi connectivity index (χ3n) is 2.62. The van der Waals surface area contributed by atoms with Crippen molar-refractivity contribution in [3.63, 3.8) is 0 Å². The van der Waals surface area contributed by atoms with E-state index >= 15 is 0 Å². The largest absolute Gasteiger partial charge is 0.388 e. The Kier molecular flexibility index (Phi) is 2.79. The molecule has 0 aliphatic carbocycles. The van der Waals surface area contributed by atoms with Crippen LogP contribution in [0.1, 0.15) is 13.8 Å². The molecule has 3 nitrogen and oxygen atoms in total. The number of hydrogen-bond acceptors (Lipinski definition) is 3. The molecule has 1 rings (SSSR count). The molecule has 3 N–H and O–H groups in total. The van der Waals surface area contributed by atoms with Crippen molar-refractivity contribution in [3.05, 3.63) is 0 Å². The molecule has 11 heavy (non-hydrogen) atoms. The first-order valence-electron chi connectivity index (χ1n) is 3.83. The maximum Gasteiger partial charge on any atom is 0.0820 e. The quantitative estimate of drug-likeness (QED) is 0.494. The van der Waals surface area contributed by atoms with Gasteiger partial charge in [0, 0.05) is 42.0 Å². The van der Waals surface area contributed by atoms with Gasteiger partial charge in [-0.15, -0.1) is 0 Å². The molecule has 0 bridgehead atoms. The van der Waals surface area contributed by atoms with E-state index in [2.05, 4.69) is 26.0 Å². The second-order valence-electron chi connectivity index (χ2n) is 3.56. The second-order valence-corrected chi connectivity index (χ2v) is 4.93. The molecule has 0 aromatic carbocycles. The van der Waals surface area contributed by atoms with Gasteiger partial charge in [0.15, 0.2) is 0 Å². The van der Waals surface area contributed by atoms with E-state index in [1.807, 2.05) is 13.8 Å². The zero-order chi connectivity index (χ0) is 8.65. The summed E-state index contributed by atoms with van der Waals surface area (Å²) in [6, 6.07) is -0.122. The third kappa shape index (κ3) is 1.85. The van der Waals surface area contributed by atoms with Crippen molar-refractivity contribution in [1.82, 2.24) is 3.11 Å². The lowest BCUT2D eigenvalue weighted by atomic mass is 9.81. The molecule has 3 atom stereocenters. The van der Waals surface area contributed by atoms with Crippen LogP contribution in [0.25, 0.3) is 0 Å². The van der Waals surface area contributed by atoms with Gasteiger partial charge in [-0.2, -0.15) is 0 Å². The standard InChI is InChI=1S/C7H15IN2O/c1-5-3-10(8)4-6(9)7(5,2)11/h5-6,11H,3-4,9H2,1-2H3. The van der Waals surface area contributed by atoms with Gasteiger partial charge >= 0.3 is 0 Å². The summed E-state index contributed by atoms with van der Waals surface area (Å²) in [5, 5.41) is 9.87. The second kappa shape index (κ2) is 3.16. The van der Waals surface area contributed by atoms with Crippen LogP contribution in [0, 0.1) is 5.92 Å². The molecule has 0 radical (unpaired) electrons. The summed E-state index contributed by atoms with van der Waals surface area (Å²) in [6.45, 7) is 5.55. The van der Waals surface area contributed by atoms with Crippen molar-refractivity contribution < 1.29 is 5.11 Å². The number of nitrogens with two attached hydrogens (primary N) is 1. The molecule has 1 aliphatic heterocycles. The summed E-state index contributed by atoms with van der Waals surface area (Å²) in [4.78, 5) is 0. The van der Waals surface area contributed by atoms with Gasteiger partial charge in [-0.3, -0.25) is 0 Å². The highest BCUT2D eigenvalue weighted by atomic mass is 127. The molecule has 1 fully saturated rings. The van der Waals surface area contributed by atoms with Crippen LogP contribution in [0.5, 0.6) is 0 Å². The molecule has 0 spiro atoms. The van der Waals surface area contributed by atoms with E-state index in [0.29, 0.717) is 0 Å². The third-order valence-corrected chi connectivity index (χ3v) is 3.40. The topological polar surface area (TPSA) is 49.5 Å². The Hall–Kier alpha value is 0.610. The molecule has 1 aliphatic rings. The first-order chi connectivity index (χ1) is 4.94. The molecular formula is C7H15IN2O. The number of nitrogens with zero attached hydrogens (tertiary/aromatic N) is 1. The van der Waals surface area contributed by atoms with Crippen LogP contribution in [-0.2, 0) is 0 Å². The molecular weight excluding hydrogens is 255 g/mol. The lowest BCUT2D eigenvalue weighted by Gasteiger charge is -2.43. The molecule has 1 heterocycles. The van der Waals surface area contributed by atoms with Crippen molar-refractivity contribution in [2.75, 3.05) is 13.1 Å². The molecule has 0 saturated carbocycles. The lowest BCUT2D eigenvalue weighted by Crippen LogP contribution is -2.60. The molecule has 66 valence electrons. The highest BCUT2D eigenvalue weighted by Gasteiger charge is 2.40. The minimum Gasteiger partial charge on any atom is -0.388 e. The van der Waals surface area contributed by atoms with Crippen molar-refractivity contribution in [2.24, 2.45) is 11.7 Å². The summed E-state index contributed by atoms with van der Waals surface area (Å²) < 4.78 is 2.13. The van der Waals surface area contributed by atoms with Gasteiger partial charge < -0.3 is 10.8 Å². The van der Waals surface area contributed by atoms with Crippen LogP contribution < -0.4 is 5.73 Å². The Morgan fingerprint density at radius 3 is 2.64 bits per heavy atom. The van der Waals surface area contributed by atoms with Crippen molar-refractivity contribution in [1.29, 1.82) is 0 Å². The van der Waals surface area contributed by atoms with Gasteiger partial charge in [0.1, 0.15) is 0 Å². The van der Waals surface area contributed by atoms with Crippen LogP contribution in [-0.4, -0.2) is 33.0 Å². The van der Waals surface area contributed by atoms with Gasteiger partial charge in [0.25, 0.3) is 0 Å². The van der Waals surface area contributed by atoms with E-state index in [0.717, 1.165) is 13.1 Å². The van der Waals surface area contributed by atoms with Gasteiger partial charge in [-0.1, -0.05) is 6.92 Å². The van der Waals surface area contributed by atoms with E-state index in [9.17, 15) is 5.11 Å². The van der Waals surface area contributed by atoms with E-state index in [1.54, 1.807) is 0 Å². The summed E-state index contributed by atoms with van der Waals surface area (Å²) in [5.41, 5.74) is 5.10. The van der Waals surface area contributed by atoms with Gasteiger partial charge in [-0.25, -0.2) is 3.11 Å². The van der Waals surface area contributed by atoms with Gasteiger partial charge in [0.05, 0.1) is 5.60 Å². The van der Waals surface area contributed by atoms with E-state index in [-0.39, 0.29) is 12.0 Å². The average molecular weight is 270 g/mol. The Morgan fingerprint density at radius 2 is 2.18 bits per heavy atom. The smallest absolute Gasteiger partial charge is 0.0820 e. The summed E-state index contributed by atoms with van der Waals surface area (Å²) in [7, 11) is 0. The highest BCUT2D eigenvalue weighted by molar-refractivity contribution is 14.1. The fraction of sp³-hybridized carbons (Fsp3) is 1.00. The van der Waals surface area contributed by atoms with Crippen LogP contribution in [0.4, 0.5) is 0 Å². The Balaban J connectivity index is 2.67. The Morgan fingerprint density at radius 1 is 1.64 bits per heavy atom. The Labute approximate surface area is 81.4 Å². The molecule has 0 aromatic heterocycles. The number of halogens is 1. The minimum atomic E-state index is -0.693. The monoisotopic (exact) mass is 270 g/mol. The molecule has 4 heteroatoms. The maximum absolute atomic E-state index is 9.87. The molecule has 1 saturated heterocycles. The fourth-order valence-electron chi connectivity index (χ4n) is 1.32. The fourth-order valence-corrected chi connectivity index (χ4v) is 2.34. The normalized spacial score (nSPS) is 47.7. The number of piperidine rings is 1. The van der Waals surface area contributed by atoms with Crippen molar-refractivity contribution >= 4 is 22.9 Å². The van der Waals surface area contributed by atoms with Crippen LogP contribution in [0.2, 0.25) is 0 Å². The summed E-state index contributed by atoms with van der Waals surface area (Å²) in [5.74, 6) is 0.253. The molecule has 0 amide bonds. The predicted octanol–water partition coefficient (Wildman–Crippen LogP) is 0.366. The molecule has 3 unspecified atom stereocenters. The Bertz CT molecular complexity index is 137. The number of hydrogen-bond donors (Lipinski definition) is 2. The zero-order valence-electron chi connectivity index (χ0n) is 6.92. The minimum absolute atomic E-state index is 0.122. The van der Waals surface area contributed by atoms with Gasteiger partial charge in [0.2, 0.25) is 0 Å². The molecule has 0 aromatic rings. The number of aliphatic hydroxyl groups is 1. The van der Waals surface area contributed by atoms with Crippen molar-refractivity contribution in [3.8, 4) is 0 Å². The van der Waals surface area contributed by atoms with E-state index in [1.165, 1.54) is 0 Å². The van der Waals surface area contributed by atoms with E-state index < -0.39 is 5.60 Å².